The molecule has 18 heavy (non-hydrogen) atoms. The highest BCUT2D eigenvalue weighted by Gasteiger charge is 2.05. The van der Waals surface area contributed by atoms with Crippen molar-refractivity contribution in [2.24, 2.45) is 0 Å². The van der Waals surface area contributed by atoms with E-state index >= 15 is 0 Å². The van der Waals surface area contributed by atoms with E-state index in [1.54, 1.807) is 6.07 Å². The van der Waals surface area contributed by atoms with Gasteiger partial charge in [-0.3, -0.25) is 0 Å². The molecule has 1 aromatic carbocycles. The normalized spacial score (nSPS) is 10.6. The molecule has 0 aliphatic heterocycles. The molecule has 5 heteroatoms. The van der Waals surface area contributed by atoms with Crippen molar-refractivity contribution in [3.63, 3.8) is 0 Å². The van der Waals surface area contributed by atoms with Crippen LogP contribution in [0, 0.1) is 9.39 Å². The van der Waals surface area contributed by atoms with Crippen molar-refractivity contribution in [1.29, 1.82) is 0 Å². The van der Waals surface area contributed by atoms with Crippen molar-refractivity contribution in [2.45, 2.75) is 25.7 Å². The number of anilines is 2. The van der Waals surface area contributed by atoms with Gasteiger partial charge in [0, 0.05) is 12.6 Å². The van der Waals surface area contributed by atoms with Crippen molar-refractivity contribution in [2.75, 3.05) is 29.6 Å². The first-order chi connectivity index (χ1) is 8.65. The van der Waals surface area contributed by atoms with Crippen LogP contribution in [0.5, 0.6) is 0 Å². The van der Waals surface area contributed by atoms with E-state index in [0.29, 0.717) is 14.9 Å². The van der Waals surface area contributed by atoms with Crippen LogP contribution in [-0.4, -0.2) is 18.6 Å². The molecule has 0 spiro atoms. The van der Waals surface area contributed by atoms with Gasteiger partial charge in [-0.25, -0.2) is 4.39 Å². The largest absolute Gasteiger partial charge is 0.397 e. The van der Waals surface area contributed by atoms with Crippen LogP contribution in [0.1, 0.15) is 25.7 Å². The average molecular weight is 382 g/mol. The van der Waals surface area contributed by atoms with E-state index in [1.165, 1.54) is 31.1 Å². The minimum atomic E-state index is -0.215. The molecule has 0 radical (unpaired) electrons. The SMILES string of the molecule is CSCCCCCCNc1cc(F)c(I)cc1N. The Morgan fingerprint density at radius 3 is 2.72 bits per heavy atom. The smallest absolute Gasteiger partial charge is 0.138 e. The lowest BCUT2D eigenvalue weighted by molar-refractivity contribution is 0.620. The average Bonchev–Trinajstić information content (AvgIpc) is 2.34. The van der Waals surface area contributed by atoms with Crippen molar-refractivity contribution in [3.05, 3.63) is 21.5 Å². The lowest BCUT2D eigenvalue weighted by Crippen LogP contribution is -2.05. The van der Waals surface area contributed by atoms with Gasteiger partial charge in [-0.05, 0) is 53.5 Å². The van der Waals surface area contributed by atoms with Crippen LogP contribution in [0.4, 0.5) is 15.8 Å². The van der Waals surface area contributed by atoms with Crippen molar-refractivity contribution >= 4 is 45.7 Å². The Morgan fingerprint density at radius 1 is 1.28 bits per heavy atom. The predicted molar refractivity (Wildman–Crippen MR) is 88.9 cm³/mol. The highest BCUT2D eigenvalue weighted by molar-refractivity contribution is 14.1. The first kappa shape index (κ1) is 15.9. The Labute approximate surface area is 126 Å². The maximum atomic E-state index is 13.4. The first-order valence-corrected chi connectivity index (χ1v) is 8.59. The predicted octanol–water partition coefficient (Wildman–Crippen LogP) is 4.35. The number of halogens is 2. The molecule has 1 aromatic rings. The molecule has 0 unspecified atom stereocenters. The summed E-state index contributed by atoms with van der Waals surface area (Å²) in [5.41, 5.74) is 7.15. The van der Waals surface area contributed by atoms with Crippen molar-refractivity contribution in [3.8, 4) is 0 Å². The third-order valence-corrected chi connectivity index (χ3v) is 4.21. The quantitative estimate of drug-likeness (QED) is 0.399. The number of hydrogen-bond acceptors (Lipinski definition) is 3. The fourth-order valence-electron chi connectivity index (χ4n) is 1.66. The summed E-state index contributed by atoms with van der Waals surface area (Å²) in [6, 6.07) is 3.14. The standard InChI is InChI=1S/C13H20FIN2S/c1-18-7-5-3-2-4-6-17-13-8-10(14)11(15)9-12(13)16/h8-9,17H,2-7,16H2,1H3. The van der Waals surface area contributed by atoms with Gasteiger partial charge < -0.3 is 11.1 Å². The lowest BCUT2D eigenvalue weighted by Gasteiger charge is -2.10. The van der Waals surface area contributed by atoms with E-state index in [4.69, 9.17) is 5.73 Å². The number of benzene rings is 1. The molecule has 0 aromatic heterocycles. The minimum Gasteiger partial charge on any atom is -0.397 e. The highest BCUT2D eigenvalue weighted by atomic mass is 127. The van der Waals surface area contributed by atoms with Gasteiger partial charge in [0.1, 0.15) is 5.82 Å². The van der Waals surface area contributed by atoms with Gasteiger partial charge in [-0.2, -0.15) is 11.8 Å². The number of nitrogen functional groups attached to an aromatic ring is 1. The molecule has 1 rings (SSSR count). The number of thioether (sulfide) groups is 1. The highest BCUT2D eigenvalue weighted by Crippen LogP contribution is 2.24. The Kier molecular flexibility index (Phi) is 7.81. The second-order valence-electron chi connectivity index (χ2n) is 4.19. The molecular weight excluding hydrogens is 362 g/mol. The summed E-state index contributed by atoms with van der Waals surface area (Å²) in [6.07, 6.45) is 6.98. The molecule has 0 bridgehead atoms. The van der Waals surface area contributed by atoms with E-state index in [0.717, 1.165) is 13.0 Å². The molecule has 102 valence electrons. The molecule has 0 aliphatic rings. The summed E-state index contributed by atoms with van der Waals surface area (Å²) in [5, 5.41) is 3.20. The number of rotatable bonds is 8. The summed E-state index contributed by atoms with van der Waals surface area (Å²) < 4.78 is 13.9. The zero-order valence-electron chi connectivity index (χ0n) is 10.6. The molecule has 3 N–H and O–H groups in total. The summed E-state index contributed by atoms with van der Waals surface area (Å²) in [7, 11) is 0. The van der Waals surface area contributed by atoms with E-state index in [-0.39, 0.29) is 5.82 Å². The van der Waals surface area contributed by atoms with Gasteiger partial charge in [0.2, 0.25) is 0 Å². The number of hydrogen-bond donors (Lipinski definition) is 2. The third-order valence-electron chi connectivity index (χ3n) is 2.68. The maximum absolute atomic E-state index is 13.4. The summed E-state index contributed by atoms with van der Waals surface area (Å²) in [6.45, 7) is 0.851. The van der Waals surface area contributed by atoms with Crippen LogP contribution in [-0.2, 0) is 0 Å². The lowest BCUT2D eigenvalue weighted by atomic mass is 10.2. The Bertz CT molecular complexity index is 374. The molecular formula is C13H20FIN2S. The number of unbranched alkanes of at least 4 members (excludes halogenated alkanes) is 3. The van der Waals surface area contributed by atoms with Gasteiger partial charge >= 0.3 is 0 Å². The zero-order valence-corrected chi connectivity index (χ0v) is 13.6. The molecule has 0 amide bonds. The van der Waals surface area contributed by atoms with Gasteiger partial charge in [0.25, 0.3) is 0 Å². The summed E-state index contributed by atoms with van der Waals surface area (Å²) in [4.78, 5) is 0. The Hall–Kier alpha value is -0.170. The third kappa shape index (κ3) is 5.65. The second-order valence-corrected chi connectivity index (χ2v) is 6.34. The van der Waals surface area contributed by atoms with Crippen molar-refractivity contribution < 1.29 is 4.39 Å². The van der Waals surface area contributed by atoms with Crippen molar-refractivity contribution in [1.82, 2.24) is 0 Å². The topological polar surface area (TPSA) is 38.0 Å². The van der Waals surface area contributed by atoms with Crippen LogP contribution in [0.2, 0.25) is 0 Å². The van der Waals surface area contributed by atoms with E-state index in [1.807, 2.05) is 34.4 Å². The molecule has 0 heterocycles. The van der Waals surface area contributed by atoms with Crippen LogP contribution in [0.3, 0.4) is 0 Å². The molecule has 0 saturated heterocycles. The van der Waals surface area contributed by atoms with Crippen LogP contribution in [0.25, 0.3) is 0 Å². The van der Waals surface area contributed by atoms with Crippen LogP contribution in [0.15, 0.2) is 12.1 Å². The van der Waals surface area contributed by atoms with Crippen LogP contribution < -0.4 is 11.1 Å². The first-order valence-electron chi connectivity index (χ1n) is 6.12. The van der Waals surface area contributed by atoms with Gasteiger partial charge in [-0.1, -0.05) is 12.8 Å². The van der Waals surface area contributed by atoms with E-state index in [2.05, 4.69) is 11.6 Å². The minimum absolute atomic E-state index is 0.215. The number of nitrogens with two attached hydrogens (primary N) is 1. The molecule has 0 atom stereocenters. The van der Waals surface area contributed by atoms with Gasteiger partial charge in [0.05, 0.1) is 14.9 Å². The van der Waals surface area contributed by atoms with Gasteiger partial charge in [-0.15, -0.1) is 0 Å². The summed E-state index contributed by atoms with van der Waals surface area (Å²) >= 11 is 3.84. The van der Waals surface area contributed by atoms with Crippen LogP contribution >= 0.6 is 34.4 Å². The monoisotopic (exact) mass is 382 g/mol. The maximum Gasteiger partial charge on any atom is 0.138 e. The molecule has 0 saturated carbocycles. The molecule has 2 nitrogen and oxygen atoms in total. The van der Waals surface area contributed by atoms with E-state index in [9.17, 15) is 4.39 Å². The Balaban J connectivity index is 2.25. The molecule has 0 fully saturated rings. The summed E-state index contributed by atoms with van der Waals surface area (Å²) in [5.74, 6) is 1.02. The Morgan fingerprint density at radius 2 is 2.00 bits per heavy atom. The molecule has 0 aliphatic carbocycles. The second kappa shape index (κ2) is 8.85. The fourth-order valence-corrected chi connectivity index (χ4v) is 2.65. The van der Waals surface area contributed by atoms with Gasteiger partial charge in [0.15, 0.2) is 0 Å². The zero-order chi connectivity index (χ0) is 13.4. The number of nitrogens with one attached hydrogen (secondary N) is 1. The fraction of sp³-hybridized carbons (Fsp3) is 0.538. The van der Waals surface area contributed by atoms with E-state index < -0.39 is 0 Å².